The number of benzene rings is 1. The number of carbonyl (C=O) groups excluding carboxylic acids is 1. The maximum atomic E-state index is 12.7. The number of nitrogens with one attached hydrogen (secondary N) is 1. The van der Waals surface area contributed by atoms with Gasteiger partial charge in [-0.25, -0.2) is 4.98 Å². The Labute approximate surface area is 152 Å². The molecule has 0 aliphatic carbocycles. The summed E-state index contributed by atoms with van der Waals surface area (Å²) in [6, 6.07) is 7.31. The van der Waals surface area contributed by atoms with Gasteiger partial charge in [0.2, 0.25) is 5.91 Å². The molecule has 0 fully saturated rings. The zero-order valence-electron chi connectivity index (χ0n) is 14.9. The lowest BCUT2D eigenvalue weighted by molar-refractivity contribution is -0.120. The lowest BCUT2D eigenvalue weighted by Gasteiger charge is -2.16. The number of para-hydroxylation sites is 1. The summed E-state index contributed by atoms with van der Waals surface area (Å²) in [5, 5.41) is 3.75. The molecule has 25 heavy (non-hydrogen) atoms. The average molecular weight is 363 g/mol. The highest BCUT2D eigenvalue weighted by Crippen LogP contribution is 2.22. The topological polar surface area (TPSA) is 73.2 Å². The smallest absolute Gasteiger partial charge is 0.262 e. The van der Waals surface area contributed by atoms with Crippen molar-refractivity contribution in [2.45, 2.75) is 43.6 Å². The van der Waals surface area contributed by atoms with Crippen LogP contribution in [-0.4, -0.2) is 41.0 Å². The van der Waals surface area contributed by atoms with Crippen LogP contribution >= 0.6 is 11.8 Å². The maximum absolute atomic E-state index is 12.7. The first-order chi connectivity index (χ1) is 12.1. The van der Waals surface area contributed by atoms with Crippen LogP contribution in [-0.2, 0) is 16.1 Å². The molecule has 1 atom stereocenters. The number of amides is 1. The summed E-state index contributed by atoms with van der Waals surface area (Å²) in [7, 11) is 1.64. The molecule has 1 aromatic carbocycles. The van der Waals surface area contributed by atoms with E-state index in [2.05, 4.69) is 10.3 Å². The van der Waals surface area contributed by atoms with Crippen LogP contribution in [0.3, 0.4) is 0 Å². The molecule has 1 unspecified atom stereocenters. The van der Waals surface area contributed by atoms with Crippen LogP contribution in [0.4, 0.5) is 0 Å². The number of fused-ring (bicyclic) bond motifs is 1. The minimum atomic E-state index is -0.335. The van der Waals surface area contributed by atoms with Crippen molar-refractivity contribution in [2.24, 2.45) is 0 Å². The molecule has 0 saturated heterocycles. The van der Waals surface area contributed by atoms with E-state index >= 15 is 0 Å². The highest BCUT2D eigenvalue weighted by molar-refractivity contribution is 8.00. The molecule has 1 N–H and O–H groups in total. The molecule has 0 aliphatic rings. The van der Waals surface area contributed by atoms with Gasteiger partial charge in [-0.1, -0.05) is 30.8 Å². The SMILES string of the molecule is CCCn1c(SC(C)C(=O)NCCCOC)nc2ccccc2c1=O. The molecule has 136 valence electrons. The van der Waals surface area contributed by atoms with Crippen LogP contribution in [0.2, 0.25) is 0 Å². The third-order valence-electron chi connectivity index (χ3n) is 3.75. The second-order valence-corrected chi connectivity index (χ2v) is 7.07. The Morgan fingerprint density at radius 2 is 2.16 bits per heavy atom. The van der Waals surface area contributed by atoms with E-state index in [1.165, 1.54) is 11.8 Å². The molecule has 0 bridgehead atoms. The summed E-state index contributed by atoms with van der Waals surface area (Å²) in [4.78, 5) is 29.6. The molecule has 1 amide bonds. The first-order valence-electron chi connectivity index (χ1n) is 8.51. The fraction of sp³-hybridized carbons (Fsp3) is 0.500. The number of aromatic nitrogens is 2. The monoisotopic (exact) mass is 363 g/mol. The summed E-state index contributed by atoms with van der Waals surface area (Å²) >= 11 is 1.32. The molecule has 0 aliphatic heterocycles. The van der Waals surface area contributed by atoms with E-state index < -0.39 is 0 Å². The number of nitrogens with zero attached hydrogens (tertiary/aromatic N) is 2. The number of rotatable bonds is 9. The van der Waals surface area contributed by atoms with Crippen LogP contribution in [0.25, 0.3) is 10.9 Å². The normalized spacial score (nSPS) is 12.3. The molecule has 1 heterocycles. The Balaban J connectivity index is 2.20. The number of hydrogen-bond donors (Lipinski definition) is 1. The van der Waals surface area contributed by atoms with Gasteiger partial charge in [-0.3, -0.25) is 14.2 Å². The minimum absolute atomic E-state index is 0.0531. The Bertz CT molecular complexity index is 776. The first-order valence-corrected chi connectivity index (χ1v) is 9.39. The van der Waals surface area contributed by atoms with E-state index in [0.29, 0.717) is 35.8 Å². The van der Waals surface area contributed by atoms with Crippen molar-refractivity contribution in [3.05, 3.63) is 34.6 Å². The fourth-order valence-corrected chi connectivity index (χ4v) is 3.40. The summed E-state index contributed by atoms with van der Waals surface area (Å²) in [6.45, 7) is 5.62. The minimum Gasteiger partial charge on any atom is -0.385 e. The summed E-state index contributed by atoms with van der Waals surface area (Å²) in [5.41, 5.74) is 0.609. The number of ether oxygens (including phenoxy) is 1. The molecular weight excluding hydrogens is 338 g/mol. The summed E-state index contributed by atoms with van der Waals surface area (Å²) in [6.07, 6.45) is 1.60. The van der Waals surface area contributed by atoms with Crippen molar-refractivity contribution in [2.75, 3.05) is 20.3 Å². The van der Waals surface area contributed by atoms with Gasteiger partial charge in [0, 0.05) is 26.8 Å². The van der Waals surface area contributed by atoms with Crippen molar-refractivity contribution in [3.63, 3.8) is 0 Å². The van der Waals surface area contributed by atoms with Crippen LogP contribution < -0.4 is 10.9 Å². The fourth-order valence-electron chi connectivity index (χ4n) is 2.44. The predicted molar refractivity (Wildman–Crippen MR) is 101 cm³/mol. The van der Waals surface area contributed by atoms with E-state index in [4.69, 9.17) is 4.74 Å². The van der Waals surface area contributed by atoms with Gasteiger partial charge in [0.15, 0.2) is 5.16 Å². The van der Waals surface area contributed by atoms with Gasteiger partial charge in [0.05, 0.1) is 16.2 Å². The largest absolute Gasteiger partial charge is 0.385 e. The molecule has 0 saturated carbocycles. The Kier molecular flexibility index (Phi) is 7.46. The van der Waals surface area contributed by atoms with Crippen molar-refractivity contribution in [1.29, 1.82) is 0 Å². The molecule has 7 heteroatoms. The van der Waals surface area contributed by atoms with Gasteiger partial charge in [-0.15, -0.1) is 0 Å². The number of carbonyl (C=O) groups is 1. The number of thioether (sulfide) groups is 1. The van der Waals surface area contributed by atoms with Crippen LogP contribution in [0.1, 0.15) is 26.7 Å². The Morgan fingerprint density at radius 3 is 2.88 bits per heavy atom. The van der Waals surface area contributed by atoms with E-state index in [1.807, 2.05) is 32.0 Å². The Hall–Kier alpha value is -1.86. The summed E-state index contributed by atoms with van der Waals surface area (Å²) in [5.74, 6) is -0.0634. The molecule has 1 aromatic heterocycles. The van der Waals surface area contributed by atoms with Crippen molar-refractivity contribution in [3.8, 4) is 0 Å². The average Bonchev–Trinajstić information content (AvgIpc) is 2.61. The lowest BCUT2D eigenvalue weighted by Crippen LogP contribution is -2.33. The van der Waals surface area contributed by atoms with Gasteiger partial charge in [-0.2, -0.15) is 0 Å². The highest BCUT2D eigenvalue weighted by atomic mass is 32.2. The van der Waals surface area contributed by atoms with Crippen LogP contribution in [0, 0.1) is 0 Å². The molecular formula is C18H25N3O3S. The van der Waals surface area contributed by atoms with E-state index in [-0.39, 0.29) is 16.7 Å². The molecule has 6 nitrogen and oxygen atoms in total. The molecule has 0 radical (unpaired) electrons. The standard InChI is InChI=1S/C18H25N3O3S/c1-4-11-21-17(23)14-8-5-6-9-15(14)20-18(21)25-13(2)16(22)19-10-7-12-24-3/h5-6,8-9,13H,4,7,10-12H2,1-3H3,(H,19,22). The van der Waals surface area contributed by atoms with Gasteiger partial charge < -0.3 is 10.1 Å². The summed E-state index contributed by atoms with van der Waals surface area (Å²) < 4.78 is 6.64. The molecule has 2 rings (SSSR count). The molecule has 0 spiro atoms. The van der Waals surface area contributed by atoms with E-state index in [0.717, 1.165) is 12.8 Å². The van der Waals surface area contributed by atoms with E-state index in [1.54, 1.807) is 17.7 Å². The van der Waals surface area contributed by atoms with Crippen molar-refractivity contribution in [1.82, 2.24) is 14.9 Å². The third kappa shape index (κ3) is 5.06. The van der Waals surface area contributed by atoms with Gasteiger partial charge in [0.25, 0.3) is 5.56 Å². The van der Waals surface area contributed by atoms with E-state index in [9.17, 15) is 9.59 Å². The van der Waals surface area contributed by atoms with Gasteiger partial charge in [-0.05, 0) is 31.9 Å². The van der Waals surface area contributed by atoms with Gasteiger partial charge in [0.1, 0.15) is 0 Å². The zero-order valence-corrected chi connectivity index (χ0v) is 15.8. The van der Waals surface area contributed by atoms with Crippen LogP contribution in [0.5, 0.6) is 0 Å². The predicted octanol–water partition coefficient (Wildman–Crippen LogP) is 2.44. The number of hydrogen-bond acceptors (Lipinski definition) is 5. The Morgan fingerprint density at radius 1 is 1.40 bits per heavy atom. The van der Waals surface area contributed by atoms with Crippen molar-refractivity contribution >= 4 is 28.6 Å². The third-order valence-corrected chi connectivity index (χ3v) is 4.84. The van der Waals surface area contributed by atoms with Gasteiger partial charge >= 0.3 is 0 Å². The highest BCUT2D eigenvalue weighted by Gasteiger charge is 2.18. The molecule has 2 aromatic rings. The zero-order chi connectivity index (χ0) is 18.2. The quantitative estimate of drug-likeness (QED) is 0.421. The number of methoxy groups -OCH3 is 1. The first kappa shape index (κ1) is 19.5. The second kappa shape index (κ2) is 9.58. The maximum Gasteiger partial charge on any atom is 0.262 e. The van der Waals surface area contributed by atoms with Crippen molar-refractivity contribution < 1.29 is 9.53 Å². The second-order valence-electron chi connectivity index (χ2n) is 5.77. The lowest BCUT2D eigenvalue weighted by atomic mass is 10.2. The van der Waals surface area contributed by atoms with Crippen LogP contribution in [0.15, 0.2) is 34.2 Å².